The number of halogens is 1. The summed E-state index contributed by atoms with van der Waals surface area (Å²) in [5.41, 5.74) is 6.15. The Morgan fingerprint density at radius 2 is 1.76 bits per heavy atom. The number of piperidine rings is 1. The first-order valence-electron chi connectivity index (χ1n) is 8.54. The highest BCUT2D eigenvalue weighted by Gasteiger charge is 2.37. The molecule has 134 valence electrons. The number of benzene rings is 1. The summed E-state index contributed by atoms with van der Waals surface area (Å²) in [6.45, 7) is 1.78. The minimum Gasteiger partial charge on any atom is -0.369 e. The third kappa shape index (κ3) is 3.97. The minimum atomic E-state index is -0.349. The van der Waals surface area contributed by atoms with E-state index >= 15 is 0 Å². The van der Waals surface area contributed by atoms with Gasteiger partial charge in [-0.05, 0) is 30.5 Å². The molecular formula is C18H22FN3O3. The van der Waals surface area contributed by atoms with Crippen molar-refractivity contribution in [3.8, 4) is 0 Å². The summed E-state index contributed by atoms with van der Waals surface area (Å²) in [6.07, 6.45) is 1.37. The zero-order chi connectivity index (χ0) is 18.0. The van der Waals surface area contributed by atoms with Gasteiger partial charge in [0.1, 0.15) is 5.82 Å². The van der Waals surface area contributed by atoms with Crippen molar-refractivity contribution < 1.29 is 18.8 Å². The summed E-state index contributed by atoms with van der Waals surface area (Å²) < 4.78 is 13.0. The third-order valence-electron chi connectivity index (χ3n) is 5.06. The summed E-state index contributed by atoms with van der Waals surface area (Å²) in [5.74, 6) is -1.23. The van der Waals surface area contributed by atoms with Gasteiger partial charge in [-0.2, -0.15) is 0 Å². The first-order chi connectivity index (χ1) is 11.9. The van der Waals surface area contributed by atoms with Crippen LogP contribution in [0, 0.1) is 17.7 Å². The summed E-state index contributed by atoms with van der Waals surface area (Å²) in [4.78, 5) is 39.4. The summed E-state index contributed by atoms with van der Waals surface area (Å²) in [5, 5.41) is 0. The fourth-order valence-electron chi connectivity index (χ4n) is 3.54. The zero-order valence-corrected chi connectivity index (χ0v) is 14.0. The van der Waals surface area contributed by atoms with Crippen LogP contribution in [0.25, 0.3) is 0 Å². The maximum atomic E-state index is 13.0. The van der Waals surface area contributed by atoms with Crippen LogP contribution in [-0.4, -0.2) is 47.2 Å². The molecule has 0 unspecified atom stereocenters. The summed E-state index contributed by atoms with van der Waals surface area (Å²) >= 11 is 0. The average molecular weight is 347 g/mol. The van der Waals surface area contributed by atoms with E-state index in [0.717, 1.165) is 5.56 Å². The van der Waals surface area contributed by atoms with Gasteiger partial charge >= 0.3 is 0 Å². The van der Waals surface area contributed by atoms with Crippen LogP contribution in [0.5, 0.6) is 0 Å². The molecule has 0 saturated carbocycles. The van der Waals surface area contributed by atoms with Crippen molar-refractivity contribution in [3.63, 3.8) is 0 Å². The van der Waals surface area contributed by atoms with Crippen molar-refractivity contribution in [2.45, 2.75) is 25.8 Å². The van der Waals surface area contributed by atoms with Gasteiger partial charge in [0.15, 0.2) is 0 Å². The Bertz CT molecular complexity index is 669. The van der Waals surface area contributed by atoms with Gasteiger partial charge in [-0.25, -0.2) is 4.39 Å². The monoisotopic (exact) mass is 347 g/mol. The van der Waals surface area contributed by atoms with E-state index in [4.69, 9.17) is 5.73 Å². The Balaban J connectivity index is 1.56. The number of nitrogens with zero attached hydrogens (tertiary/aromatic N) is 2. The fourth-order valence-corrected chi connectivity index (χ4v) is 3.54. The van der Waals surface area contributed by atoms with Crippen LogP contribution >= 0.6 is 0 Å². The zero-order valence-electron chi connectivity index (χ0n) is 14.0. The van der Waals surface area contributed by atoms with Crippen molar-refractivity contribution in [1.29, 1.82) is 0 Å². The van der Waals surface area contributed by atoms with Gasteiger partial charge in [-0.15, -0.1) is 0 Å². The molecule has 2 aliphatic heterocycles. The van der Waals surface area contributed by atoms with Gasteiger partial charge in [0, 0.05) is 38.5 Å². The minimum absolute atomic E-state index is 0.0297. The van der Waals surface area contributed by atoms with Crippen molar-refractivity contribution in [2.75, 3.05) is 19.6 Å². The molecule has 0 aromatic heterocycles. The van der Waals surface area contributed by atoms with Crippen LogP contribution in [0.4, 0.5) is 4.39 Å². The molecule has 2 saturated heterocycles. The highest BCUT2D eigenvalue weighted by atomic mass is 19.1. The molecule has 0 spiro atoms. The number of carbonyl (C=O) groups is 3. The number of rotatable bonds is 4. The van der Waals surface area contributed by atoms with Crippen molar-refractivity contribution >= 4 is 17.7 Å². The molecule has 1 aromatic carbocycles. The lowest BCUT2D eigenvalue weighted by Crippen LogP contribution is -2.44. The van der Waals surface area contributed by atoms with E-state index in [9.17, 15) is 18.8 Å². The average Bonchev–Trinajstić information content (AvgIpc) is 2.97. The van der Waals surface area contributed by atoms with Crippen molar-refractivity contribution in [3.05, 3.63) is 35.6 Å². The van der Waals surface area contributed by atoms with Crippen molar-refractivity contribution in [2.24, 2.45) is 17.6 Å². The molecule has 6 nitrogen and oxygen atoms in total. The molecule has 3 rings (SSSR count). The number of likely N-dealkylation sites (tertiary alicyclic amines) is 2. The van der Waals surface area contributed by atoms with Crippen LogP contribution < -0.4 is 5.73 Å². The van der Waals surface area contributed by atoms with Crippen LogP contribution in [0.2, 0.25) is 0 Å². The fraction of sp³-hybridized carbons (Fsp3) is 0.500. The third-order valence-corrected chi connectivity index (χ3v) is 5.06. The topological polar surface area (TPSA) is 83.7 Å². The molecule has 25 heavy (non-hydrogen) atoms. The molecule has 0 radical (unpaired) electrons. The number of amides is 3. The summed E-state index contributed by atoms with van der Waals surface area (Å²) in [6, 6.07) is 6.02. The summed E-state index contributed by atoms with van der Waals surface area (Å²) in [7, 11) is 0. The van der Waals surface area contributed by atoms with Crippen LogP contribution in [0.1, 0.15) is 24.8 Å². The normalized spacial score (nSPS) is 21.6. The molecule has 2 N–H and O–H groups in total. The van der Waals surface area contributed by atoms with Crippen LogP contribution in [0.3, 0.4) is 0 Å². The maximum Gasteiger partial charge on any atom is 0.227 e. The van der Waals surface area contributed by atoms with E-state index in [1.54, 1.807) is 21.9 Å². The smallest absolute Gasteiger partial charge is 0.227 e. The van der Waals surface area contributed by atoms with Crippen molar-refractivity contribution in [1.82, 2.24) is 9.80 Å². The van der Waals surface area contributed by atoms with Gasteiger partial charge < -0.3 is 15.5 Å². The number of hydrogen-bond acceptors (Lipinski definition) is 3. The number of primary amides is 1. The van der Waals surface area contributed by atoms with Gasteiger partial charge in [0.05, 0.1) is 5.92 Å². The number of hydrogen-bond donors (Lipinski definition) is 1. The van der Waals surface area contributed by atoms with E-state index in [-0.39, 0.29) is 41.8 Å². The SMILES string of the molecule is NC(=O)C1CCN(C(=O)[C@@H]2CC(=O)N(Cc3ccc(F)cc3)C2)CC1. The Labute approximate surface area is 145 Å². The van der Waals surface area contributed by atoms with Crippen LogP contribution in [-0.2, 0) is 20.9 Å². The molecule has 7 heteroatoms. The van der Waals surface area contributed by atoms with Gasteiger partial charge in [0.25, 0.3) is 0 Å². The Morgan fingerprint density at radius 3 is 2.36 bits per heavy atom. The molecule has 0 bridgehead atoms. The molecule has 3 amide bonds. The lowest BCUT2D eigenvalue weighted by Gasteiger charge is -2.32. The lowest BCUT2D eigenvalue weighted by molar-refractivity contribution is -0.138. The number of nitrogens with two attached hydrogens (primary N) is 1. The molecule has 0 aliphatic carbocycles. The first-order valence-corrected chi connectivity index (χ1v) is 8.54. The van der Waals surface area contributed by atoms with E-state index in [2.05, 4.69) is 0 Å². The Hall–Kier alpha value is -2.44. The second-order valence-corrected chi connectivity index (χ2v) is 6.80. The highest BCUT2D eigenvalue weighted by molar-refractivity contribution is 5.89. The van der Waals surface area contributed by atoms with Crippen LogP contribution in [0.15, 0.2) is 24.3 Å². The molecular weight excluding hydrogens is 325 g/mol. The quantitative estimate of drug-likeness (QED) is 0.878. The largest absolute Gasteiger partial charge is 0.369 e. The second kappa shape index (κ2) is 7.21. The number of carbonyl (C=O) groups excluding carboxylic acids is 3. The van der Waals surface area contributed by atoms with E-state index in [1.807, 2.05) is 0 Å². The van der Waals surface area contributed by atoms with E-state index in [0.29, 0.717) is 39.0 Å². The first kappa shape index (κ1) is 17.4. The molecule has 2 fully saturated rings. The van der Waals surface area contributed by atoms with Gasteiger partial charge in [0.2, 0.25) is 17.7 Å². The van der Waals surface area contributed by atoms with Gasteiger partial charge in [-0.3, -0.25) is 14.4 Å². The highest BCUT2D eigenvalue weighted by Crippen LogP contribution is 2.25. The molecule has 1 atom stereocenters. The Morgan fingerprint density at radius 1 is 1.12 bits per heavy atom. The second-order valence-electron chi connectivity index (χ2n) is 6.80. The van der Waals surface area contributed by atoms with E-state index < -0.39 is 0 Å². The molecule has 1 aromatic rings. The maximum absolute atomic E-state index is 13.0. The lowest BCUT2D eigenvalue weighted by atomic mass is 9.95. The van der Waals surface area contributed by atoms with Gasteiger partial charge in [-0.1, -0.05) is 12.1 Å². The molecule has 2 heterocycles. The standard InChI is InChI=1S/C18H22FN3O3/c19-15-3-1-12(2-4-15)10-22-11-14(9-16(22)23)18(25)21-7-5-13(6-8-21)17(20)24/h1-4,13-14H,5-11H2,(H2,20,24)/t14-/m1/s1. The predicted octanol–water partition coefficient (Wildman–Crippen LogP) is 0.898. The van der Waals surface area contributed by atoms with E-state index in [1.165, 1.54) is 12.1 Å². The predicted molar refractivity (Wildman–Crippen MR) is 88.4 cm³/mol. The Kier molecular flexibility index (Phi) is 5.01. The molecule has 2 aliphatic rings.